The molecule has 0 saturated heterocycles. The molecule has 318 valence electrons. The summed E-state index contributed by atoms with van der Waals surface area (Å²) in [5, 5.41) is 0. The van der Waals surface area contributed by atoms with Crippen LogP contribution < -0.4 is 9.80 Å². The van der Waals surface area contributed by atoms with E-state index in [4.69, 9.17) is 24.9 Å². The number of benzene rings is 4. The van der Waals surface area contributed by atoms with Gasteiger partial charge in [0.25, 0.3) is 0 Å². The van der Waals surface area contributed by atoms with E-state index in [1.807, 2.05) is 104 Å². The van der Waals surface area contributed by atoms with Crippen LogP contribution in [0.15, 0.2) is 189 Å². The summed E-state index contributed by atoms with van der Waals surface area (Å²) >= 11 is 0. The number of anilines is 6. The van der Waals surface area contributed by atoms with Gasteiger partial charge in [-0.2, -0.15) is 0 Å². The largest absolute Gasteiger partial charge is 0.279 e. The van der Waals surface area contributed by atoms with Crippen molar-refractivity contribution in [2.45, 2.75) is 38.5 Å². The van der Waals surface area contributed by atoms with Crippen molar-refractivity contribution in [1.29, 1.82) is 0 Å². The lowest BCUT2D eigenvalue weighted by atomic mass is 9.81. The van der Waals surface area contributed by atoms with Crippen LogP contribution in [0.4, 0.5) is 34.6 Å². The highest BCUT2D eigenvalue weighted by Gasteiger charge is 2.37. The first kappa shape index (κ1) is 40.5. The molecule has 0 radical (unpaired) electrons. The molecule has 0 saturated carbocycles. The predicted octanol–water partition coefficient (Wildman–Crippen LogP) is 14.6. The maximum absolute atomic E-state index is 4.82. The van der Waals surface area contributed by atoms with Crippen LogP contribution in [0.5, 0.6) is 0 Å². The van der Waals surface area contributed by atoms with Crippen LogP contribution >= 0.6 is 0 Å². The Morgan fingerprint density at radius 2 is 0.712 bits per heavy atom. The van der Waals surface area contributed by atoms with Crippen LogP contribution in [0.1, 0.15) is 72.3 Å². The molecule has 2 aliphatic carbocycles. The van der Waals surface area contributed by atoms with Gasteiger partial charge in [-0.1, -0.05) is 125 Å². The zero-order valence-electron chi connectivity index (χ0n) is 37.3. The van der Waals surface area contributed by atoms with E-state index in [1.165, 1.54) is 44.5 Å². The van der Waals surface area contributed by atoms with E-state index in [0.29, 0.717) is 0 Å². The van der Waals surface area contributed by atoms with Gasteiger partial charge in [0.05, 0.1) is 5.69 Å². The Morgan fingerprint density at radius 1 is 0.348 bits per heavy atom. The highest BCUT2D eigenvalue weighted by atomic mass is 15.2. The highest BCUT2D eigenvalue weighted by Crippen LogP contribution is 2.52. The third-order valence-corrected chi connectivity index (χ3v) is 13.1. The van der Waals surface area contributed by atoms with Crippen molar-refractivity contribution in [3.63, 3.8) is 0 Å². The molecule has 0 atom stereocenters. The summed E-state index contributed by atoms with van der Waals surface area (Å²) in [5.74, 6) is 3.30. The third-order valence-electron chi connectivity index (χ3n) is 13.1. The average Bonchev–Trinajstić information content (AvgIpc) is 3.72. The maximum Gasteiger partial charge on any atom is 0.138 e. The number of pyridine rings is 5. The fraction of sp³-hybridized carbons (Fsp3) is 0.102. The van der Waals surface area contributed by atoms with Crippen LogP contribution in [0.2, 0.25) is 0 Å². The topological polar surface area (TPSA) is 70.9 Å². The Hall–Kier alpha value is -8.29. The number of nitrogens with zero attached hydrogens (tertiary/aromatic N) is 7. The molecular formula is C59H47N7. The Balaban J connectivity index is 0.796. The van der Waals surface area contributed by atoms with Crippen molar-refractivity contribution < 1.29 is 0 Å². The minimum atomic E-state index is -0.207. The molecule has 7 heteroatoms. The number of fused-ring (bicyclic) bond motifs is 6. The zero-order valence-corrected chi connectivity index (χ0v) is 37.3. The summed E-state index contributed by atoms with van der Waals surface area (Å²) in [6.07, 6.45) is 17.8. The van der Waals surface area contributed by atoms with Gasteiger partial charge in [-0.15, -0.1) is 0 Å². The molecule has 0 aliphatic heterocycles. The van der Waals surface area contributed by atoms with Crippen LogP contribution in [0.3, 0.4) is 0 Å². The minimum Gasteiger partial charge on any atom is -0.279 e. The van der Waals surface area contributed by atoms with Gasteiger partial charge in [0.15, 0.2) is 0 Å². The maximum atomic E-state index is 4.82. The monoisotopic (exact) mass is 853 g/mol. The number of hydrogen-bond donors (Lipinski definition) is 0. The first-order valence-corrected chi connectivity index (χ1v) is 22.4. The molecule has 7 nitrogen and oxygen atoms in total. The lowest BCUT2D eigenvalue weighted by Crippen LogP contribution is -2.17. The normalized spacial score (nSPS) is 13.9. The van der Waals surface area contributed by atoms with E-state index in [2.05, 4.69) is 147 Å². The quantitative estimate of drug-likeness (QED) is 0.136. The van der Waals surface area contributed by atoms with Crippen molar-refractivity contribution in [1.82, 2.24) is 24.9 Å². The van der Waals surface area contributed by atoms with E-state index < -0.39 is 0 Å². The van der Waals surface area contributed by atoms with Crippen molar-refractivity contribution in [2.24, 2.45) is 0 Å². The predicted molar refractivity (Wildman–Crippen MR) is 271 cm³/mol. The van der Waals surface area contributed by atoms with E-state index >= 15 is 0 Å². The van der Waals surface area contributed by atoms with E-state index in [1.54, 1.807) is 0 Å². The van der Waals surface area contributed by atoms with Gasteiger partial charge in [0.1, 0.15) is 23.3 Å². The molecule has 5 heterocycles. The third kappa shape index (κ3) is 7.24. The molecule has 5 aromatic heterocycles. The molecular weight excluding hydrogens is 807 g/mol. The summed E-state index contributed by atoms with van der Waals surface area (Å²) in [5.41, 5.74) is 16.1. The SMILES string of the molecule is CC1(C)c2cc(/C=C/c3ccc(/C=C/c4ccc5c(c4)C(C)(C)c4cc(N(c6ccccn6)c6ccccn6)ccc4-5)nc3)ccc2-c2ccc(N(c3ccccn3)c3ccccn3)cc21. The lowest BCUT2D eigenvalue weighted by Gasteiger charge is -2.26. The second kappa shape index (κ2) is 16.4. The summed E-state index contributed by atoms with van der Waals surface area (Å²) in [6.45, 7) is 9.27. The molecule has 2 aliphatic rings. The fourth-order valence-corrected chi connectivity index (χ4v) is 9.67. The molecule has 66 heavy (non-hydrogen) atoms. The standard InChI is InChI=1S/C59H47N7/c1-58(2)50-35-40(21-27-46(50)48-29-25-44(37-52(48)58)65(54-13-5-9-31-60-54)55-14-6-10-32-61-55)17-18-42-20-24-43(64-39-42)23-19-41-22-28-47-49-30-26-45(38-53(49)59(3,4)51(47)36-41)66(56-15-7-11-33-62-56)57-16-8-12-34-63-57/h5-39H,1-4H3/b18-17+,23-19+. The Bertz CT molecular complexity index is 2990. The molecule has 0 N–H and O–H groups in total. The first-order chi connectivity index (χ1) is 32.2. The lowest BCUT2D eigenvalue weighted by molar-refractivity contribution is 0.660. The highest BCUT2D eigenvalue weighted by molar-refractivity contribution is 5.88. The van der Waals surface area contributed by atoms with Crippen molar-refractivity contribution >= 4 is 59.0 Å². The average molecular weight is 854 g/mol. The van der Waals surface area contributed by atoms with Gasteiger partial charge in [0, 0.05) is 53.2 Å². The summed E-state index contributed by atoms with van der Waals surface area (Å²) < 4.78 is 0. The molecule has 4 aromatic carbocycles. The Kier molecular flexibility index (Phi) is 10.0. The van der Waals surface area contributed by atoms with Crippen LogP contribution in [-0.4, -0.2) is 24.9 Å². The Morgan fingerprint density at radius 3 is 1.09 bits per heavy atom. The fourth-order valence-electron chi connectivity index (χ4n) is 9.67. The molecule has 0 unspecified atom stereocenters. The number of rotatable bonds is 10. The van der Waals surface area contributed by atoms with Gasteiger partial charge < -0.3 is 0 Å². The molecule has 11 rings (SSSR count). The van der Waals surface area contributed by atoms with Gasteiger partial charge in [-0.3, -0.25) is 14.8 Å². The van der Waals surface area contributed by atoms with E-state index in [0.717, 1.165) is 57.0 Å². The van der Waals surface area contributed by atoms with Gasteiger partial charge in [0.2, 0.25) is 0 Å². The van der Waals surface area contributed by atoms with Crippen molar-refractivity contribution in [2.75, 3.05) is 9.80 Å². The first-order valence-electron chi connectivity index (χ1n) is 22.4. The smallest absolute Gasteiger partial charge is 0.138 e. The van der Waals surface area contributed by atoms with Crippen molar-refractivity contribution in [3.05, 3.63) is 233 Å². The van der Waals surface area contributed by atoms with Crippen LogP contribution in [0.25, 0.3) is 46.6 Å². The minimum absolute atomic E-state index is 0.203. The second-order valence-corrected chi connectivity index (χ2v) is 17.9. The molecule has 9 aromatic rings. The molecule has 0 amide bonds. The molecule has 0 bridgehead atoms. The zero-order chi connectivity index (χ0) is 44.8. The number of hydrogen-bond acceptors (Lipinski definition) is 7. The molecule has 0 spiro atoms. The molecule has 0 fully saturated rings. The summed E-state index contributed by atoms with van der Waals surface area (Å²) in [4.78, 5) is 27.8. The van der Waals surface area contributed by atoms with Crippen molar-refractivity contribution in [3.8, 4) is 22.3 Å². The van der Waals surface area contributed by atoms with E-state index in [9.17, 15) is 0 Å². The number of aromatic nitrogens is 5. The van der Waals surface area contributed by atoms with Gasteiger partial charge in [-0.25, -0.2) is 19.9 Å². The Labute approximate surface area is 386 Å². The van der Waals surface area contributed by atoms with Crippen LogP contribution in [0, 0.1) is 0 Å². The summed E-state index contributed by atoms with van der Waals surface area (Å²) in [7, 11) is 0. The van der Waals surface area contributed by atoms with Gasteiger partial charge >= 0.3 is 0 Å². The summed E-state index contributed by atoms with van der Waals surface area (Å²) in [6, 6.07) is 55.1. The second-order valence-electron chi connectivity index (χ2n) is 17.9. The van der Waals surface area contributed by atoms with Gasteiger partial charge in [-0.05, 0) is 146 Å². The van der Waals surface area contributed by atoms with E-state index in [-0.39, 0.29) is 10.8 Å². The van der Waals surface area contributed by atoms with Crippen LogP contribution in [-0.2, 0) is 10.8 Å².